The lowest BCUT2D eigenvalue weighted by Gasteiger charge is -2.00. The van der Waals surface area contributed by atoms with Gasteiger partial charge >= 0.3 is 12.4 Å². The van der Waals surface area contributed by atoms with Crippen LogP contribution < -0.4 is 0 Å². The lowest BCUT2D eigenvalue weighted by Crippen LogP contribution is -2.07. The van der Waals surface area contributed by atoms with E-state index in [1.54, 1.807) is 0 Å². The second-order valence-corrected chi connectivity index (χ2v) is 2.42. The maximum absolute atomic E-state index is 11.1. The van der Waals surface area contributed by atoms with Crippen LogP contribution in [0.3, 0.4) is 0 Å². The first-order valence-corrected chi connectivity index (χ1v) is 3.82. The molecule has 0 atom stereocenters. The van der Waals surface area contributed by atoms with Crippen LogP contribution in [-0.2, 0) is 0 Å². The zero-order chi connectivity index (χ0) is 11.8. The minimum absolute atomic E-state index is 0.184. The molecule has 7 heteroatoms. The Morgan fingerprint density at radius 1 is 0.786 bits per heavy atom. The third-order valence-electron chi connectivity index (χ3n) is 0.911. The highest BCUT2D eigenvalue weighted by Crippen LogP contribution is 2.20. The predicted molar refractivity (Wildman–Crippen MR) is 37.6 cm³/mol. The van der Waals surface area contributed by atoms with Crippen molar-refractivity contribution in [2.45, 2.75) is 38.5 Å². The standard InChI is InChI=1S/C4H7F3.C3H4F4/c1-2-3-4(5,6)7;4-2-1-3(5,6)7/h2-3H2,1H3;1-2H2. The highest BCUT2D eigenvalue weighted by atomic mass is 19.4. The lowest BCUT2D eigenvalue weighted by molar-refractivity contribution is -0.137. The molecule has 0 heterocycles. The van der Waals surface area contributed by atoms with Gasteiger partial charge in [0.05, 0.1) is 13.1 Å². The molecule has 0 aliphatic rings. The summed E-state index contributed by atoms with van der Waals surface area (Å²) in [5.74, 6) is 0. The van der Waals surface area contributed by atoms with Gasteiger partial charge in [-0.2, -0.15) is 26.3 Å². The Labute approximate surface area is 77.1 Å². The molecule has 0 aromatic carbocycles. The van der Waals surface area contributed by atoms with E-state index in [0.717, 1.165) is 0 Å². The van der Waals surface area contributed by atoms with Crippen molar-refractivity contribution in [3.8, 4) is 0 Å². The van der Waals surface area contributed by atoms with E-state index in [4.69, 9.17) is 0 Å². The van der Waals surface area contributed by atoms with Gasteiger partial charge in [0, 0.05) is 6.42 Å². The molecule has 0 bridgehead atoms. The van der Waals surface area contributed by atoms with E-state index in [2.05, 4.69) is 0 Å². The first-order chi connectivity index (χ1) is 6.12. The van der Waals surface area contributed by atoms with Crippen LogP contribution in [0.5, 0.6) is 0 Å². The van der Waals surface area contributed by atoms with Crippen molar-refractivity contribution in [2.75, 3.05) is 6.67 Å². The molecule has 0 aliphatic carbocycles. The van der Waals surface area contributed by atoms with Crippen molar-refractivity contribution in [2.24, 2.45) is 0 Å². The molecule has 0 saturated heterocycles. The fraction of sp³-hybridized carbons (Fsp3) is 1.00. The van der Waals surface area contributed by atoms with E-state index in [9.17, 15) is 30.7 Å². The highest BCUT2D eigenvalue weighted by Gasteiger charge is 2.26. The molecule has 0 fully saturated rings. The molecule has 0 rings (SSSR count). The normalized spacial score (nSPS) is 12.0. The fourth-order valence-electron chi connectivity index (χ4n) is 0.391. The SMILES string of the molecule is CCCC(F)(F)F.FCCC(F)(F)F. The summed E-state index contributed by atoms with van der Waals surface area (Å²) >= 11 is 0. The Morgan fingerprint density at radius 3 is 1.14 bits per heavy atom. The van der Waals surface area contributed by atoms with Gasteiger partial charge in [-0.3, -0.25) is 4.39 Å². The van der Waals surface area contributed by atoms with E-state index in [1.165, 1.54) is 6.92 Å². The first kappa shape index (κ1) is 16.0. The topological polar surface area (TPSA) is 0 Å². The summed E-state index contributed by atoms with van der Waals surface area (Å²) in [5, 5.41) is 0. The Bertz CT molecular complexity index is 107. The molecule has 0 radical (unpaired) electrons. The minimum atomic E-state index is -4.32. The molecule has 0 saturated carbocycles. The van der Waals surface area contributed by atoms with E-state index in [0.29, 0.717) is 0 Å². The maximum atomic E-state index is 11.1. The van der Waals surface area contributed by atoms with Crippen molar-refractivity contribution in [1.29, 1.82) is 0 Å². The molecule has 0 amide bonds. The van der Waals surface area contributed by atoms with Crippen LogP contribution >= 0.6 is 0 Å². The predicted octanol–water partition coefficient (Wildman–Crippen LogP) is 4.26. The number of halogens is 7. The Hall–Kier alpha value is -0.490. The summed E-state index contributed by atoms with van der Waals surface area (Å²) in [6.45, 7) is 0.191. The second kappa shape index (κ2) is 6.89. The van der Waals surface area contributed by atoms with Crippen molar-refractivity contribution in [3.63, 3.8) is 0 Å². The van der Waals surface area contributed by atoms with Gasteiger partial charge in [0.15, 0.2) is 0 Å². The largest absolute Gasteiger partial charge is 0.391 e. The Kier molecular flexibility index (Phi) is 7.85. The Balaban J connectivity index is 0. The lowest BCUT2D eigenvalue weighted by atomic mass is 10.3. The van der Waals surface area contributed by atoms with Crippen LogP contribution in [0.25, 0.3) is 0 Å². The Morgan fingerprint density at radius 2 is 1.14 bits per heavy atom. The summed E-state index contributed by atoms with van der Waals surface area (Å²) in [6.07, 6.45) is -10.1. The van der Waals surface area contributed by atoms with E-state index in [-0.39, 0.29) is 6.42 Å². The number of hydrogen-bond acceptors (Lipinski definition) is 0. The molecule has 0 nitrogen and oxygen atoms in total. The summed E-state index contributed by atoms with van der Waals surface area (Å²) in [5.41, 5.74) is 0. The van der Waals surface area contributed by atoms with Crippen LogP contribution in [0, 0.1) is 0 Å². The second-order valence-electron chi connectivity index (χ2n) is 2.42. The van der Waals surface area contributed by atoms with Crippen LogP contribution in [-0.4, -0.2) is 19.0 Å². The van der Waals surface area contributed by atoms with Crippen LogP contribution in [0.4, 0.5) is 30.7 Å². The molecule has 0 aliphatic heterocycles. The average Bonchev–Trinajstić information content (AvgIpc) is 1.81. The molecule has 0 unspecified atom stereocenters. The number of hydrogen-bond donors (Lipinski definition) is 0. The van der Waals surface area contributed by atoms with Gasteiger partial charge in [-0.1, -0.05) is 6.92 Å². The number of alkyl halides is 7. The molecular weight excluding hydrogens is 217 g/mol. The quantitative estimate of drug-likeness (QED) is 0.619. The molecule has 0 spiro atoms. The van der Waals surface area contributed by atoms with Gasteiger partial charge in [0.25, 0.3) is 0 Å². The van der Waals surface area contributed by atoms with Gasteiger partial charge in [0.1, 0.15) is 0 Å². The highest BCUT2D eigenvalue weighted by molar-refractivity contribution is 4.45. The van der Waals surface area contributed by atoms with Crippen LogP contribution in [0.2, 0.25) is 0 Å². The fourth-order valence-corrected chi connectivity index (χ4v) is 0.391. The van der Waals surface area contributed by atoms with E-state index in [1.807, 2.05) is 0 Å². The smallest absolute Gasteiger partial charge is 0.251 e. The van der Waals surface area contributed by atoms with Gasteiger partial charge in [-0.25, -0.2) is 0 Å². The first-order valence-electron chi connectivity index (χ1n) is 3.82. The summed E-state index contributed by atoms with van der Waals surface area (Å²) in [7, 11) is 0. The van der Waals surface area contributed by atoms with Crippen LogP contribution in [0.15, 0.2) is 0 Å². The van der Waals surface area contributed by atoms with Crippen molar-refractivity contribution >= 4 is 0 Å². The summed E-state index contributed by atoms with van der Waals surface area (Å²) in [4.78, 5) is 0. The molecule has 88 valence electrons. The molecule has 0 N–H and O–H groups in total. The van der Waals surface area contributed by atoms with Crippen molar-refractivity contribution in [1.82, 2.24) is 0 Å². The van der Waals surface area contributed by atoms with E-state index >= 15 is 0 Å². The molecule has 0 aromatic rings. The van der Waals surface area contributed by atoms with Gasteiger partial charge < -0.3 is 0 Å². The minimum Gasteiger partial charge on any atom is -0.251 e. The third kappa shape index (κ3) is 22.5. The van der Waals surface area contributed by atoms with Gasteiger partial charge in [0.2, 0.25) is 0 Å². The van der Waals surface area contributed by atoms with Gasteiger partial charge in [-0.15, -0.1) is 0 Å². The molecular formula is C7H11F7. The zero-order valence-corrected chi connectivity index (χ0v) is 7.47. The average molecular weight is 228 g/mol. The van der Waals surface area contributed by atoms with Gasteiger partial charge in [-0.05, 0) is 6.42 Å². The van der Waals surface area contributed by atoms with E-state index < -0.39 is 31.9 Å². The molecule has 14 heavy (non-hydrogen) atoms. The monoisotopic (exact) mass is 228 g/mol. The number of rotatable bonds is 2. The summed E-state index contributed by atoms with van der Waals surface area (Å²) < 4.78 is 76.4. The zero-order valence-electron chi connectivity index (χ0n) is 7.47. The van der Waals surface area contributed by atoms with Crippen LogP contribution in [0.1, 0.15) is 26.2 Å². The van der Waals surface area contributed by atoms with Crippen molar-refractivity contribution in [3.05, 3.63) is 0 Å². The third-order valence-corrected chi connectivity index (χ3v) is 0.911. The molecule has 0 aromatic heterocycles. The van der Waals surface area contributed by atoms with Crippen molar-refractivity contribution < 1.29 is 30.7 Å². The summed E-state index contributed by atoms with van der Waals surface area (Å²) in [6, 6.07) is 0. The maximum Gasteiger partial charge on any atom is 0.391 e.